The highest BCUT2D eigenvalue weighted by Gasteiger charge is 2.21. The third-order valence-corrected chi connectivity index (χ3v) is 2.90. The van der Waals surface area contributed by atoms with Crippen LogP contribution in [0.1, 0.15) is 25.1 Å². The van der Waals surface area contributed by atoms with Gasteiger partial charge >= 0.3 is 0 Å². The van der Waals surface area contributed by atoms with E-state index in [2.05, 4.69) is 34.2 Å². The van der Waals surface area contributed by atoms with Gasteiger partial charge in [-0.2, -0.15) is 0 Å². The Morgan fingerprint density at radius 2 is 2.40 bits per heavy atom. The van der Waals surface area contributed by atoms with Gasteiger partial charge in [-0.25, -0.2) is 0 Å². The number of hydrogen-bond acceptors (Lipinski definition) is 4. The SMILES string of the molecule is CC(NC1CCN(C)C1)c1cnccn1. The number of likely N-dealkylation sites (N-methyl/N-ethyl adjacent to an activating group) is 1. The third-order valence-electron chi connectivity index (χ3n) is 2.90. The van der Waals surface area contributed by atoms with Crippen LogP contribution in [0.2, 0.25) is 0 Å². The Kier molecular flexibility index (Phi) is 3.28. The molecule has 2 atom stereocenters. The lowest BCUT2D eigenvalue weighted by atomic mass is 10.2. The Hall–Kier alpha value is -1.00. The lowest BCUT2D eigenvalue weighted by Gasteiger charge is -2.18. The summed E-state index contributed by atoms with van der Waals surface area (Å²) in [6, 6.07) is 0.877. The number of hydrogen-bond donors (Lipinski definition) is 1. The summed E-state index contributed by atoms with van der Waals surface area (Å²) in [5, 5.41) is 3.58. The molecule has 1 aromatic rings. The number of nitrogens with one attached hydrogen (secondary N) is 1. The standard InChI is InChI=1S/C11H18N4/c1-9(11-7-12-4-5-13-11)14-10-3-6-15(2)8-10/h4-5,7,9-10,14H,3,6,8H2,1-2H3. The Morgan fingerprint density at radius 1 is 1.53 bits per heavy atom. The number of aromatic nitrogens is 2. The van der Waals surface area contributed by atoms with Gasteiger partial charge in [-0.1, -0.05) is 0 Å². The second-order valence-electron chi connectivity index (χ2n) is 4.27. The quantitative estimate of drug-likeness (QED) is 0.795. The van der Waals surface area contributed by atoms with Crippen LogP contribution in [-0.4, -0.2) is 41.0 Å². The van der Waals surface area contributed by atoms with Crippen molar-refractivity contribution in [2.45, 2.75) is 25.4 Å². The van der Waals surface area contributed by atoms with E-state index in [1.807, 2.05) is 6.20 Å². The van der Waals surface area contributed by atoms with Gasteiger partial charge in [0.1, 0.15) is 0 Å². The average molecular weight is 206 g/mol. The molecule has 0 spiro atoms. The molecule has 82 valence electrons. The van der Waals surface area contributed by atoms with Gasteiger partial charge in [0.05, 0.1) is 5.69 Å². The number of nitrogens with zero attached hydrogens (tertiary/aromatic N) is 3. The first-order valence-electron chi connectivity index (χ1n) is 5.46. The zero-order chi connectivity index (χ0) is 10.7. The average Bonchev–Trinajstić information content (AvgIpc) is 2.65. The van der Waals surface area contributed by atoms with Crippen LogP contribution in [0.4, 0.5) is 0 Å². The lowest BCUT2D eigenvalue weighted by molar-refractivity contribution is 0.385. The predicted octanol–water partition coefficient (Wildman–Crippen LogP) is 0.831. The van der Waals surface area contributed by atoms with Gasteiger partial charge in [0, 0.05) is 37.2 Å². The van der Waals surface area contributed by atoms with Gasteiger partial charge in [-0.15, -0.1) is 0 Å². The normalized spacial score (nSPS) is 24.3. The highest BCUT2D eigenvalue weighted by Crippen LogP contribution is 2.13. The molecule has 2 rings (SSSR count). The summed E-state index contributed by atoms with van der Waals surface area (Å²) < 4.78 is 0. The molecule has 1 aromatic heterocycles. The zero-order valence-corrected chi connectivity index (χ0v) is 9.35. The highest BCUT2D eigenvalue weighted by molar-refractivity contribution is 5.01. The van der Waals surface area contributed by atoms with Crippen molar-refractivity contribution in [3.63, 3.8) is 0 Å². The van der Waals surface area contributed by atoms with Crippen molar-refractivity contribution in [3.8, 4) is 0 Å². The zero-order valence-electron chi connectivity index (χ0n) is 9.35. The summed E-state index contributed by atoms with van der Waals surface area (Å²) in [4.78, 5) is 10.7. The molecule has 1 saturated heterocycles. The number of likely N-dealkylation sites (tertiary alicyclic amines) is 1. The van der Waals surface area contributed by atoms with E-state index < -0.39 is 0 Å². The summed E-state index contributed by atoms with van der Waals surface area (Å²) in [7, 11) is 2.16. The Bertz CT molecular complexity index is 301. The van der Waals surface area contributed by atoms with Crippen LogP contribution in [0, 0.1) is 0 Å². The second-order valence-corrected chi connectivity index (χ2v) is 4.27. The molecule has 1 fully saturated rings. The van der Waals surface area contributed by atoms with Crippen LogP contribution >= 0.6 is 0 Å². The molecule has 0 aliphatic carbocycles. The van der Waals surface area contributed by atoms with Crippen molar-refractivity contribution in [2.24, 2.45) is 0 Å². The van der Waals surface area contributed by atoms with Gasteiger partial charge in [-0.3, -0.25) is 9.97 Å². The van der Waals surface area contributed by atoms with E-state index in [1.165, 1.54) is 13.0 Å². The monoisotopic (exact) mass is 206 g/mol. The summed E-state index contributed by atoms with van der Waals surface area (Å²) in [5.74, 6) is 0. The maximum atomic E-state index is 4.30. The summed E-state index contributed by atoms with van der Waals surface area (Å²) in [5.41, 5.74) is 1.02. The molecule has 1 N–H and O–H groups in total. The third kappa shape index (κ3) is 2.73. The van der Waals surface area contributed by atoms with Crippen LogP contribution in [0.25, 0.3) is 0 Å². The molecule has 4 nitrogen and oxygen atoms in total. The molecule has 4 heteroatoms. The van der Waals surface area contributed by atoms with Gasteiger partial charge in [0.15, 0.2) is 0 Å². The molecular weight excluding hydrogens is 188 g/mol. The minimum absolute atomic E-state index is 0.287. The second kappa shape index (κ2) is 4.68. The topological polar surface area (TPSA) is 41.0 Å². The van der Waals surface area contributed by atoms with Crippen molar-refractivity contribution in [1.29, 1.82) is 0 Å². The molecular formula is C11H18N4. The fourth-order valence-electron chi connectivity index (χ4n) is 2.04. The summed E-state index contributed by atoms with van der Waals surface area (Å²) in [6.07, 6.45) is 6.51. The molecule has 1 aliphatic heterocycles. The molecule has 0 saturated carbocycles. The van der Waals surface area contributed by atoms with E-state index in [0.717, 1.165) is 12.2 Å². The van der Waals surface area contributed by atoms with Crippen LogP contribution in [0.15, 0.2) is 18.6 Å². The van der Waals surface area contributed by atoms with Gasteiger partial charge in [0.25, 0.3) is 0 Å². The maximum absolute atomic E-state index is 4.30. The molecule has 2 unspecified atom stereocenters. The van der Waals surface area contributed by atoms with E-state index >= 15 is 0 Å². The smallest absolute Gasteiger partial charge is 0.0753 e. The molecule has 0 bridgehead atoms. The maximum Gasteiger partial charge on any atom is 0.0753 e. The van der Waals surface area contributed by atoms with Gasteiger partial charge < -0.3 is 10.2 Å². The van der Waals surface area contributed by atoms with Crippen molar-refractivity contribution in [1.82, 2.24) is 20.2 Å². The Balaban J connectivity index is 1.90. The van der Waals surface area contributed by atoms with E-state index in [-0.39, 0.29) is 6.04 Å². The van der Waals surface area contributed by atoms with Crippen molar-refractivity contribution in [2.75, 3.05) is 20.1 Å². The van der Waals surface area contributed by atoms with Crippen molar-refractivity contribution < 1.29 is 0 Å². The lowest BCUT2D eigenvalue weighted by Crippen LogP contribution is -2.33. The highest BCUT2D eigenvalue weighted by atomic mass is 15.2. The fraction of sp³-hybridized carbons (Fsp3) is 0.636. The van der Waals surface area contributed by atoms with Crippen molar-refractivity contribution >= 4 is 0 Å². The summed E-state index contributed by atoms with van der Waals surface area (Å²) in [6.45, 7) is 4.46. The Morgan fingerprint density at radius 3 is 3.00 bits per heavy atom. The first-order chi connectivity index (χ1) is 7.25. The summed E-state index contributed by atoms with van der Waals surface area (Å²) >= 11 is 0. The molecule has 15 heavy (non-hydrogen) atoms. The fourth-order valence-corrected chi connectivity index (χ4v) is 2.04. The van der Waals surface area contributed by atoms with E-state index in [0.29, 0.717) is 6.04 Å². The largest absolute Gasteiger partial charge is 0.305 e. The predicted molar refractivity (Wildman–Crippen MR) is 59.5 cm³/mol. The molecule has 0 amide bonds. The minimum Gasteiger partial charge on any atom is -0.305 e. The van der Waals surface area contributed by atoms with E-state index in [1.54, 1.807) is 12.4 Å². The number of rotatable bonds is 3. The Labute approximate surface area is 90.7 Å². The van der Waals surface area contributed by atoms with Gasteiger partial charge in [0.2, 0.25) is 0 Å². The molecule has 2 heterocycles. The van der Waals surface area contributed by atoms with Crippen molar-refractivity contribution in [3.05, 3.63) is 24.3 Å². The van der Waals surface area contributed by atoms with Crippen LogP contribution < -0.4 is 5.32 Å². The van der Waals surface area contributed by atoms with Crippen LogP contribution in [-0.2, 0) is 0 Å². The first-order valence-corrected chi connectivity index (χ1v) is 5.46. The van der Waals surface area contributed by atoms with E-state index in [9.17, 15) is 0 Å². The molecule has 1 aliphatic rings. The first kappa shape index (κ1) is 10.5. The van der Waals surface area contributed by atoms with Gasteiger partial charge in [-0.05, 0) is 26.9 Å². The minimum atomic E-state index is 0.287. The van der Waals surface area contributed by atoms with Crippen LogP contribution in [0.3, 0.4) is 0 Å². The van der Waals surface area contributed by atoms with Crippen LogP contribution in [0.5, 0.6) is 0 Å². The molecule has 0 aromatic carbocycles. The molecule has 0 radical (unpaired) electrons. The van der Waals surface area contributed by atoms with E-state index in [4.69, 9.17) is 0 Å².